The summed E-state index contributed by atoms with van der Waals surface area (Å²) in [7, 11) is 0. The molecule has 0 saturated heterocycles. The summed E-state index contributed by atoms with van der Waals surface area (Å²) in [5, 5.41) is 4.53. The molecule has 0 spiro atoms. The number of benzene rings is 1. The van der Waals surface area contributed by atoms with E-state index in [0.29, 0.717) is 5.01 Å². The highest BCUT2D eigenvalue weighted by atomic mass is 32.1. The Bertz CT molecular complexity index is 813. The van der Waals surface area contributed by atoms with Crippen molar-refractivity contribution in [2.75, 3.05) is 0 Å². The van der Waals surface area contributed by atoms with E-state index in [-0.39, 0.29) is 10.4 Å². The normalized spacial score (nSPS) is 12.8. The van der Waals surface area contributed by atoms with Crippen LogP contribution in [0.1, 0.15) is 21.3 Å². The SMILES string of the molecule is O=C(NC(c1ccccc1)C(F)(F)F)c1cnc(-c2cccs2)s1. The van der Waals surface area contributed by atoms with Gasteiger partial charge in [-0.25, -0.2) is 4.98 Å². The summed E-state index contributed by atoms with van der Waals surface area (Å²) in [5.74, 6) is -0.790. The Balaban J connectivity index is 1.82. The fourth-order valence-electron chi connectivity index (χ4n) is 2.10. The number of nitrogens with zero attached hydrogens (tertiary/aromatic N) is 1. The zero-order valence-corrected chi connectivity index (χ0v) is 13.7. The van der Waals surface area contributed by atoms with Crippen LogP contribution in [0.15, 0.2) is 54.0 Å². The fourth-order valence-corrected chi connectivity index (χ4v) is 3.72. The number of nitrogens with one attached hydrogen (secondary N) is 1. The van der Waals surface area contributed by atoms with Crippen LogP contribution >= 0.6 is 22.7 Å². The molecular formula is C16H11F3N2OS2. The van der Waals surface area contributed by atoms with Crippen molar-refractivity contribution < 1.29 is 18.0 Å². The molecule has 0 radical (unpaired) electrons. The van der Waals surface area contributed by atoms with E-state index in [1.54, 1.807) is 6.07 Å². The fraction of sp³-hybridized carbons (Fsp3) is 0.125. The quantitative estimate of drug-likeness (QED) is 0.711. The van der Waals surface area contributed by atoms with Crippen LogP contribution in [0.25, 0.3) is 9.88 Å². The van der Waals surface area contributed by atoms with E-state index >= 15 is 0 Å². The second-order valence-electron chi connectivity index (χ2n) is 4.87. The van der Waals surface area contributed by atoms with Crippen molar-refractivity contribution in [1.82, 2.24) is 10.3 Å². The van der Waals surface area contributed by atoms with E-state index in [1.165, 1.54) is 41.8 Å². The zero-order valence-electron chi connectivity index (χ0n) is 12.1. The Morgan fingerprint density at radius 2 is 1.88 bits per heavy atom. The molecule has 3 nitrogen and oxygen atoms in total. The van der Waals surface area contributed by atoms with Gasteiger partial charge in [-0.2, -0.15) is 13.2 Å². The molecule has 2 aromatic heterocycles. The van der Waals surface area contributed by atoms with Crippen LogP contribution in [0.3, 0.4) is 0 Å². The van der Waals surface area contributed by atoms with Crippen LogP contribution in [0.4, 0.5) is 13.2 Å². The van der Waals surface area contributed by atoms with Crippen molar-refractivity contribution in [1.29, 1.82) is 0 Å². The average Bonchev–Trinajstić information content (AvgIpc) is 3.22. The summed E-state index contributed by atoms with van der Waals surface area (Å²) in [6.07, 6.45) is -3.29. The van der Waals surface area contributed by atoms with Crippen LogP contribution in [0.2, 0.25) is 0 Å². The number of alkyl halides is 3. The molecule has 0 saturated carbocycles. The summed E-state index contributed by atoms with van der Waals surface area (Å²) in [6.45, 7) is 0. The molecule has 1 atom stereocenters. The van der Waals surface area contributed by atoms with Crippen molar-refractivity contribution in [3.05, 3.63) is 64.5 Å². The smallest absolute Gasteiger partial charge is 0.336 e. The predicted octanol–water partition coefficient (Wildman–Crippen LogP) is 4.91. The third-order valence-corrected chi connectivity index (χ3v) is 5.23. The first kappa shape index (κ1) is 16.7. The number of halogens is 3. The van der Waals surface area contributed by atoms with Gasteiger partial charge in [0.2, 0.25) is 0 Å². The van der Waals surface area contributed by atoms with Crippen LogP contribution in [0.5, 0.6) is 0 Å². The van der Waals surface area contributed by atoms with E-state index in [4.69, 9.17) is 0 Å². The second-order valence-corrected chi connectivity index (χ2v) is 6.84. The standard InChI is InChI=1S/C16H11F3N2OS2/c17-16(18,19)13(10-5-2-1-3-6-10)21-14(22)12-9-20-15(24-12)11-7-4-8-23-11/h1-9,13H,(H,21,22). The van der Waals surface area contributed by atoms with Gasteiger partial charge in [-0.3, -0.25) is 4.79 Å². The third kappa shape index (κ3) is 3.65. The van der Waals surface area contributed by atoms with E-state index < -0.39 is 18.1 Å². The number of hydrogen-bond donors (Lipinski definition) is 1. The minimum atomic E-state index is -4.59. The van der Waals surface area contributed by atoms with Crippen molar-refractivity contribution in [2.24, 2.45) is 0 Å². The van der Waals surface area contributed by atoms with Crippen LogP contribution in [0, 0.1) is 0 Å². The van der Waals surface area contributed by atoms with Crippen molar-refractivity contribution in [2.45, 2.75) is 12.2 Å². The minimum Gasteiger partial charge on any atom is -0.336 e. The average molecular weight is 368 g/mol. The molecule has 3 rings (SSSR count). The molecule has 0 bridgehead atoms. The number of rotatable bonds is 4. The Morgan fingerprint density at radius 3 is 2.50 bits per heavy atom. The molecule has 8 heteroatoms. The van der Waals surface area contributed by atoms with Crippen LogP contribution < -0.4 is 5.32 Å². The summed E-state index contributed by atoms with van der Waals surface area (Å²) in [5.41, 5.74) is -0.0126. The highest BCUT2D eigenvalue weighted by Gasteiger charge is 2.42. The molecular weight excluding hydrogens is 357 g/mol. The predicted molar refractivity (Wildman–Crippen MR) is 88.1 cm³/mol. The molecule has 3 aromatic rings. The van der Waals surface area contributed by atoms with E-state index in [0.717, 1.165) is 16.2 Å². The lowest BCUT2D eigenvalue weighted by molar-refractivity contribution is -0.155. The summed E-state index contributed by atoms with van der Waals surface area (Å²) in [4.78, 5) is 17.3. The molecule has 0 aliphatic heterocycles. The molecule has 0 aliphatic rings. The highest BCUT2D eigenvalue weighted by molar-refractivity contribution is 7.21. The van der Waals surface area contributed by atoms with Gasteiger partial charge in [0, 0.05) is 0 Å². The molecule has 2 heterocycles. The van der Waals surface area contributed by atoms with Gasteiger partial charge in [0.15, 0.2) is 6.04 Å². The molecule has 1 amide bonds. The molecule has 1 N–H and O–H groups in total. The molecule has 1 aromatic carbocycles. The van der Waals surface area contributed by atoms with Gasteiger partial charge in [0.05, 0.1) is 11.1 Å². The lowest BCUT2D eigenvalue weighted by atomic mass is 10.1. The maximum Gasteiger partial charge on any atom is 0.412 e. The number of thiophene rings is 1. The molecule has 24 heavy (non-hydrogen) atoms. The van der Waals surface area contributed by atoms with Crippen LogP contribution in [-0.2, 0) is 0 Å². The Kier molecular flexibility index (Phi) is 4.68. The van der Waals surface area contributed by atoms with E-state index in [1.807, 2.05) is 17.5 Å². The van der Waals surface area contributed by atoms with Gasteiger partial charge < -0.3 is 5.32 Å². The lowest BCUT2D eigenvalue weighted by Crippen LogP contribution is -2.37. The summed E-state index contributed by atoms with van der Waals surface area (Å²) >= 11 is 2.52. The van der Waals surface area contributed by atoms with Crippen molar-refractivity contribution >= 4 is 28.6 Å². The van der Waals surface area contributed by atoms with E-state index in [9.17, 15) is 18.0 Å². The summed E-state index contributed by atoms with van der Waals surface area (Å²) in [6, 6.07) is 8.92. The molecule has 0 fully saturated rings. The number of carbonyl (C=O) groups is 1. The first-order valence-electron chi connectivity index (χ1n) is 6.87. The molecule has 1 unspecified atom stereocenters. The second kappa shape index (κ2) is 6.74. The van der Waals surface area contributed by atoms with Gasteiger partial charge in [0.25, 0.3) is 5.91 Å². The molecule has 0 aliphatic carbocycles. The number of thiazole rings is 1. The Hall–Kier alpha value is -2.19. The lowest BCUT2D eigenvalue weighted by Gasteiger charge is -2.21. The van der Waals surface area contributed by atoms with Crippen molar-refractivity contribution in [3.8, 4) is 9.88 Å². The Labute approximate surface area is 143 Å². The van der Waals surface area contributed by atoms with E-state index in [2.05, 4.69) is 10.3 Å². The summed E-state index contributed by atoms with van der Waals surface area (Å²) < 4.78 is 39.9. The number of hydrogen-bond acceptors (Lipinski definition) is 4. The van der Waals surface area contributed by atoms with Gasteiger partial charge in [-0.05, 0) is 17.0 Å². The zero-order chi connectivity index (χ0) is 17.2. The largest absolute Gasteiger partial charge is 0.412 e. The maximum absolute atomic E-state index is 13.3. The number of carbonyl (C=O) groups excluding carboxylic acids is 1. The highest BCUT2D eigenvalue weighted by Crippen LogP contribution is 2.34. The first-order valence-corrected chi connectivity index (χ1v) is 8.57. The number of aromatic nitrogens is 1. The minimum absolute atomic E-state index is 0.0126. The topological polar surface area (TPSA) is 42.0 Å². The molecule has 124 valence electrons. The van der Waals surface area contributed by atoms with Gasteiger partial charge in [0.1, 0.15) is 9.88 Å². The monoisotopic (exact) mass is 368 g/mol. The Morgan fingerprint density at radius 1 is 1.12 bits per heavy atom. The third-order valence-electron chi connectivity index (χ3n) is 3.20. The van der Waals surface area contributed by atoms with Gasteiger partial charge in [-0.1, -0.05) is 36.4 Å². The van der Waals surface area contributed by atoms with Gasteiger partial charge >= 0.3 is 6.18 Å². The maximum atomic E-state index is 13.3. The van der Waals surface area contributed by atoms with Crippen molar-refractivity contribution in [3.63, 3.8) is 0 Å². The first-order chi connectivity index (χ1) is 11.4. The number of amides is 1. The van der Waals surface area contributed by atoms with Gasteiger partial charge in [-0.15, -0.1) is 22.7 Å². The van der Waals surface area contributed by atoms with Crippen LogP contribution in [-0.4, -0.2) is 17.1 Å².